The number of thiophene rings is 1. The Hall–Kier alpha value is -6.16. The molecular formula is C49H34N2S. The Morgan fingerprint density at radius 3 is 1.83 bits per heavy atom. The third-order valence-electron chi connectivity index (χ3n) is 11.2. The summed E-state index contributed by atoms with van der Waals surface area (Å²) in [6, 6.07) is 54.3. The lowest BCUT2D eigenvalue weighted by Crippen LogP contribution is -2.10. The summed E-state index contributed by atoms with van der Waals surface area (Å²) < 4.78 is 5.12. The number of hydrogen-bond donors (Lipinski definition) is 0. The maximum Gasteiger partial charge on any atom is 0.0638 e. The molecule has 0 atom stereocenters. The van der Waals surface area contributed by atoms with Crippen LogP contribution in [0.3, 0.4) is 0 Å². The molecule has 0 spiro atoms. The quantitative estimate of drug-likeness (QED) is 0.164. The average Bonchev–Trinajstić information content (AvgIpc) is 3.84. The molecule has 2 nitrogen and oxygen atoms in total. The molecule has 0 aliphatic rings. The van der Waals surface area contributed by atoms with Crippen LogP contribution in [0.4, 0.5) is 17.1 Å². The molecule has 0 aliphatic heterocycles. The molecule has 0 aliphatic carbocycles. The molecule has 0 bridgehead atoms. The Bertz CT molecular complexity index is 3210. The predicted octanol–water partition coefficient (Wildman–Crippen LogP) is 14.7. The van der Waals surface area contributed by atoms with Gasteiger partial charge in [0.1, 0.15) is 0 Å². The molecule has 246 valence electrons. The normalized spacial score (nSPS) is 12.4. The second-order valence-corrected chi connectivity index (χ2v) is 15.0. The zero-order chi connectivity index (χ0) is 34.5. The summed E-state index contributed by atoms with van der Waals surface area (Å²) in [4.78, 5) is 2.51. The lowest BCUT2D eigenvalue weighted by Gasteiger charge is -2.27. The molecule has 3 heteroatoms. The molecule has 0 fully saturated rings. The Balaban J connectivity index is 1.27. The summed E-state index contributed by atoms with van der Waals surface area (Å²) in [5.41, 5.74) is 8.61. The van der Waals surface area contributed by atoms with Crippen molar-refractivity contribution in [2.45, 2.75) is 20.3 Å². The van der Waals surface area contributed by atoms with Gasteiger partial charge in [-0.3, -0.25) is 0 Å². The van der Waals surface area contributed by atoms with Crippen LogP contribution in [0.5, 0.6) is 0 Å². The van der Waals surface area contributed by atoms with Crippen LogP contribution in [0, 0.1) is 6.92 Å². The Labute approximate surface area is 305 Å². The lowest BCUT2D eigenvalue weighted by atomic mass is 9.94. The van der Waals surface area contributed by atoms with Crippen molar-refractivity contribution < 1.29 is 0 Å². The highest BCUT2D eigenvalue weighted by atomic mass is 32.1. The minimum atomic E-state index is 1.01. The first-order valence-corrected chi connectivity index (χ1v) is 19.0. The van der Waals surface area contributed by atoms with Gasteiger partial charge >= 0.3 is 0 Å². The van der Waals surface area contributed by atoms with Gasteiger partial charge in [-0.25, -0.2) is 0 Å². The number of anilines is 3. The number of allylic oxidation sites excluding steroid dienone is 1. The van der Waals surface area contributed by atoms with Gasteiger partial charge in [-0.1, -0.05) is 116 Å². The summed E-state index contributed by atoms with van der Waals surface area (Å²) in [5.74, 6) is 0. The van der Waals surface area contributed by atoms with E-state index >= 15 is 0 Å². The van der Waals surface area contributed by atoms with Gasteiger partial charge in [0, 0.05) is 59.0 Å². The van der Waals surface area contributed by atoms with Gasteiger partial charge in [0.05, 0.1) is 16.7 Å². The first kappa shape index (κ1) is 29.6. The van der Waals surface area contributed by atoms with E-state index in [-0.39, 0.29) is 0 Å². The van der Waals surface area contributed by atoms with E-state index in [1.165, 1.54) is 96.6 Å². The molecule has 0 unspecified atom stereocenters. The van der Waals surface area contributed by atoms with Crippen LogP contribution in [-0.2, 0) is 0 Å². The highest BCUT2D eigenvalue weighted by Gasteiger charge is 2.25. The van der Waals surface area contributed by atoms with E-state index in [1.54, 1.807) is 0 Å². The Morgan fingerprint density at radius 1 is 0.538 bits per heavy atom. The van der Waals surface area contributed by atoms with Crippen molar-refractivity contribution >= 4 is 114 Å². The van der Waals surface area contributed by atoms with Crippen molar-refractivity contribution in [2.75, 3.05) is 4.90 Å². The number of rotatable bonds is 5. The maximum atomic E-state index is 2.51. The number of fused-ring (bicyclic) bond motifs is 12. The zero-order valence-corrected chi connectivity index (χ0v) is 29.8. The van der Waals surface area contributed by atoms with E-state index in [2.05, 4.69) is 181 Å². The van der Waals surface area contributed by atoms with Gasteiger partial charge in [0.2, 0.25) is 0 Å². The number of aryl methyl sites for hydroxylation is 1. The van der Waals surface area contributed by atoms with E-state index in [4.69, 9.17) is 0 Å². The Kier molecular flexibility index (Phi) is 6.35. The number of hydrogen-bond acceptors (Lipinski definition) is 2. The van der Waals surface area contributed by atoms with E-state index in [1.807, 2.05) is 11.3 Å². The minimum Gasteiger partial charge on any atom is -0.312 e. The van der Waals surface area contributed by atoms with E-state index in [9.17, 15) is 0 Å². The summed E-state index contributed by atoms with van der Waals surface area (Å²) >= 11 is 1.87. The molecule has 0 N–H and O–H groups in total. The second kappa shape index (κ2) is 11.2. The third kappa shape index (κ3) is 4.06. The van der Waals surface area contributed by atoms with Crippen LogP contribution in [-0.4, -0.2) is 4.40 Å². The molecule has 3 aromatic heterocycles. The van der Waals surface area contributed by atoms with Gasteiger partial charge in [-0.05, 0) is 94.2 Å². The molecule has 11 aromatic rings. The zero-order valence-electron chi connectivity index (χ0n) is 29.0. The van der Waals surface area contributed by atoms with Crippen LogP contribution >= 0.6 is 11.3 Å². The second-order valence-electron chi connectivity index (χ2n) is 14.0. The molecule has 0 saturated heterocycles. The van der Waals surface area contributed by atoms with Gasteiger partial charge in [-0.15, -0.1) is 11.3 Å². The largest absolute Gasteiger partial charge is 0.312 e. The predicted molar refractivity (Wildman–Crippen MR) is 228 cm³/mol. The van der Waals surface area contributed by atoms with Crippen LogP contribution in [0.15, 0.2) is 152 Å². The first-order chi connectivity index (χ1) is 25.7. The monoisotopic (exact) mass is 682 g/mol. The van der Waals surface area contributed by atoms with E-state index in [0.29, 0.717) is 0 Å². The van der Waals surface area contributed by atoms with Gasteiger partial charge in [0.15, 0.2) is 0 Å². The highest BCUT2D eigenvalue weighted by Crippen LogP contribution is 2.49. The molecular weight excluding hydrogens is 649 g/mol. The van der Waals surface area contributed by atoms with Crippen molar-refractivity contribution in [1.29, 1.82) is 0 Å². The lowest BCUT2D eigenvalue weighted by molar-refractivity contribution is 1.17. The number of para-hydroxylation sites is 1. The van der Waals surface area contributed by atoms with Crippen LogP contribution in [0.25, 0.3) is 85.8 Å². The summed E-state index contributed by atoms with van der Waals surface area (Å²) in [7, 11) is 0. The van der Waals surface area contributed by atoms with Crippen molar-refractivity contribution in [3.8, 4) is 0 Å². The molecule has 8 aromatic carbocycles. The molecule has 0 radical (unpaired) electrons. The van der Waals surface area contributed by atoms with Gasteiger partial charge < -0.3 is 9.30 Å². The number of benzene rings is 8. The molecule has 52 heavy (non-hydrogen) atoms. The van der Waals surface area contributed by atoms with E-state index in [0.717, 1.165) is 17.8 Å². The van der Waals surface area contributed by atoms with Crippen molar-refractivity contribution in [3.05, 3.63) is 163 Å². The fraction of sp³-hybridized carbons (Fsp3) is 0.0612. The fourth-order valence-electron chi connectivity index (χ4n) is 8.91. The Morgan fingerprint density at radius 2 is 1.10 bits per heavy atom. The van der Waals surface area contributed by atoms with Crippen LogP contribution < -0.4 is 4.90 Å². The third-order valence-corrected chi connectivity index (χ3v) is 12.3. The molecule has 0 saturated carbocycles. The average molecular weight is 683 g/mol. The number of aromatic nitrogens is 1. The van der Waals surface area contributed by atoms with Crippen molar-refractivity contribution in [3.63, 3.8) is 0 Å². The molecule has 11 rings (SSSR count). The maximum absolute atomic E-state index is 2.51. The highest BCUT2D eigenvalue weighted by molar-refractivity contribution is 7.25. The summed E-state index contributed by atoms with van der Waals surface area (Å²) in [6.45, 7) is 4.48. The summed E-state index contributed by atoms with van der Waals surface area (Å²) in [6.07, 6.45) is 5.60. The SMILES string of the molecule is CC/C=C\c1c(C)n2c3ccccc3c3c(N(c4ccc5sc6ccccc6c5c4)c4ccc5c6ccccc6c6ccccc6c5c4)ccc1c32. The van der Waals surface area contributed by atoms with E-state index < -0.39 is 0 Å². The summed E-state index contributed by atoms with van der Waals surface area (Å²) in [5, 5.41) is 14.2. The molecule has 0 amide bonds. The van der Waals surface area contributed by atoms with Gasteiger partial charge in [0.25, 0.3) is 0 Å². The van der Waals surface area contributed by atoms with Crippen molar-refractivity contribution in [1.82, 2.24) is 4.40 Å². The van der Waals surface area contributed by atoms with Crippen LogP contribution in [0.2, 0.25) is 0 Å². The first-order valence-electron chi connectivity index (χ1n) is 18.2. The molecule has 3 heterocycles. The minimum absolute atomic E-state index is 1.01. The van der Waals surface area contributed by atoms with Gasteiger partial charge in [-0.2, -0.15) is 0 Å². The van der Waals surface area contributed by atoms with Crippen molar-refractivity contribution in [2.24, 2.45) is 0 Å². The fourth-order valence-corrected chi connectivity index (χ4v) is 9.99. The smallest absolute Gasteiger partial charge is 0.0638 e. The number of nitrogens with zero attached hydrogens (tertiary/aromatic N) is 2. The van der Waals surface area contributed by atoms with Crippen LogP contribution in [0.1, 0.15) is 24.6 Å². The standard InChI is InChI=1S/C49H34N2S/c1-3-4-13-33-30(2)50-44-20-11-9-19-41(44)48-45(26-25-40(33)49(48)50)51(32-23-27-47-43(29-32)39-18-10-12-21-46(39)52-47)31-22-24-38-36-16-6-5-14-34(36)35-15-7-8-17-37(35)42(38)28-31/h4-29H,3H2,1-2H3/b13-4-. The topological polar surface area (TPSA) is 7.65 Å².